The Bertz CT molecular complexity index is 1080. The van der Waals surface area contributed by atoms with Crippen molar-refractivity contribution in [3.05, 3.63) is 52.8 Å². The maximum atomic E-state index is 12.1. The maximum absolute atomic E-state index is 12.1. The molecule has 178 valence electrons. The van der Waals surface area contributed by atoms with E-state index in [0.717, 1.165) is 5.57 Å². The zero-order valence-electron chi connectivity index (χ0n) is 19.4. The summed E-state index contributed by atoms with van der Waals surface area (Å²) in [4.78, 5) is 13.5. The highest BCUT2D eigenvalue weighted by Crippen LogP contribution is 2.40. The fraction of sp³-hybridized carbons (Fsp3) is 0.458. The molecule has 0 fully saturated rings. The van der Waals surface area contributed by atoms with Crippen LogP contribution in [0.25, 0.3) is 16.7 Å². The molecule has 1 unspecified atom stereocenters. The van der Waals surface area contributed by atoms with Gasteiger partial charge in [0.25, 0.3) is 0 Å². The number of nitrogens with zero attached hydrogens (tertiary/aromatic N) is 3. The van der Waals surface area contributed by atoms with Crippen LogP contribution in [0.5, 0.6) is 0 Å². The topological polar surface area (TPSA) is 95.7 Å². The van der Waals surface area contributed by atoms with E-state index in [1.807, 2.05) is 26.8 Å². The molecule has 0 amide bonds. The molecule has 0 saturated heterocycles. The van der Waals surface area contributed by atoms with Crippen LogP contribution in [0, 0.1) is 11.3 Å². The van der Waals surface area contributed by atoms with Crippen molar-refractivity contribution in [1.29, 1.82) is 0 Å². The van der Waals surface area contributed by atoms with Crippen LogP contribution in [-0.4, -0.2) is 59.6 Å². The van der Waals surface area contributed by atoms with Gasteiger partial charge in [-0.2, -0.15) is 0 Å². The smallest absolute Gasteiger partial charge is 0.330 e. The number of carbonyl (C=O) groups excluding carboxylic acids is 1. The second-order valence-corrected chi connectivity index (χ2v) is 9.19. The lowest BCUT2D eigenvalue weighted by molar-refractivity contribution is -0.139. The van der Waals surface area contributed by atoms with E-state index in [2.05, 4.69) is 10.2 Å². The molecule has 0 radical (unpaired) electrons. The van der Waals surface area contributed by atoms with Crippen molar-refractivity contribution in [2.45, 2.75) is 27.2 Å². The van der Waals surface area contributed by atoms with Gasteiger partial charge in [-0.1, -0.05) is 38.4 Å². The third-order valence-electron chi connectivity index (χ3n) is 5.19. The molecule has 1 atom stereocenters. The number of hydrogen-bond donors (Lipinski definition) is 1. The average Bonchev–Trinajstić information content (AvgIpc) is 3.17. The highest BCUT2D eigenvalue weighted by molar-refractivity contribution is 6.31. The van der Waals surface area contributed by atoms with Crippen LogP contribution >= 0.6 is 11.6 Å². The molecule has 2 aromatic rings. The van der Waals surface area contributed by atoms with Gasteiger partial charge in [-0.05, 0) is 41.7 Å². The fourth-order valence-electron chi connectivity index (χ4n) is 3.47. The van der Waals surface area contributed by atoms with Crippen LogP contribution < -0.4 is 0 Å². The summed E-state index contributed by atoms with van der Waals surface area (Å²) in [6.07, 6.45) is 5.59. The van der Waals surface area contributed by atoms with Gasteiger partial charge in [0.1, 0.15) is 29.1 Å². The molecule has 33 heavy (non-hydrogen) atoms. The van der Waals surface area contributed by atoms with Crippen LogP contribution in [0.2, 0.25) is 5.02 Å². The highest BCUT2D eigenvalue weighted by Gasteiger charge is 2.30. The normalized spacial score (nSPS) is 17.1. The first-order chi connectivity index (χ1) is 15.7. The number of benzene rings is 1. The number of fused-ring (bicyclic) bond motifs is 1. The number of aliphatic hydroxyl groups excluding tert-OH is 1. The van der Waals surface area contributed by atoms with E-state index in [4.69, 9.17) is 25.8 Å². The van der Waals surface area contributed by atoms with E-state index in [9.17, 15) is 9.90 Å². The van der Waals surface area contributed by atoms with Gasteiger partial charge < -0.3 is 19.3 Å². The molecule has 1 aromatic carbocycles. The number of aliphatic hydroxyl groups is 1. The summed E-state index contributed by atoms with van der Waals surface area (Å²) in [5.41, 5.74) is 2.33. The van der Waals surface area contributed by atoms with Gasteiger partial charge in [0.2, 0.25) is 0 Å². The summed E-state index contributed by atoms with van der Waals surface area (Å²) in [5, 5.41) is 20.6. The molecular formula is C24H30ClN3O5. The summed E-state index contributed by atoms with van der Waals surface area (Å²) >= 11 is 6.07. The summed E-state index contributed by atoms with van der Waals surface area (Å²) in [5.74, 6) is -0.448. The Hall–Kier alpha value is -2.68. The summed E-state index contributed by atoms with van der Waals surface area (Å²) in [6.45, 7) is 7.53. The number of carbonyl (C=O) groups is 1. The van der Waals surface area contributed by atoms with Crippen molar-refractivity contribution in [2.75, 3.05) is 33.5 Å². The Balaban J connectivity index is 1.77. The maximum Gasteiger partial charge on any atom is 0.330 e. The van der Waals surface area contributed by atoms with Crippen LogP contribution in [0.4, 0.5) is 0 Å². The van der Waals surface area contributed by atoms with Crippen LogP contribution in [0.1, 0.15) is 27.2 Å². The lowest BCUT2D eigenvalue weighted by atomic mass is 9.77. The first-order valence-corrected chi connectivity index (χ1v) is 11.2. The SMILES string of the molecule is COCCOCCOC(=O)C=CC1C=C(n2nc3ccc(Cl)cc3n2)C(O)=C(C(C)(C)C)C1. The Morgan fingerprint density at radius 1 is 1.21 bits per heavy atom. The zero-order valence-corrected chi connectivity index (χ0v) is 20.1. The second kappa shape index (κ2) is 11.0. The molecule has 9 heteroatoms. The molecule has 0 bridgehead atoms. The number of methoxy groups -OCH3 is 1. The Morgan fingerprint density at radius 2 is 1.94 bits per heavy atom. The number of ether oxygens (including phenoxy) is 3. The fourth-order valence-corrected chi connectivity index (χ4v) is 3.63. The largest absolute Gasteiger partial charge is 0.506 e. The third kappa shape index (κ3) is 6.66. The molecule has 8 nitrogen and oxygen atoms in total. The summed E-state index contributed by atoms with van der Waals surface area (Å²) in [7, 11) is 1.60. The van der Waals surface area contributed by atoms with Gasteiger partial charge in [0.05, 0.1) is 19.8 Å². The molecule has 1 aromatic heterocycles. The van der Waals surface area contributed by atoms with Gasteiger partial charge in [0, 0.05) is 24.1 Å². The van der Waals surface area contributed by atoms with Gasteiger partial charge in [-0.3, -0.25) is 0 Å². The standard InChI is InChI=1S/C24H30ClN3O5/c1-24(2,3)18-13-16(5-8-22(29)33-12-11-32-10-9-31-4)14-21(23(18)30)28-26-19-7-6-17(25)15-20(19)27-28/h5-8,14-16,30H,9-13H2,1-4H3. The average molecular weight is 476 g/mol. The van der Waals surface area contributed by atoms with E-state index in [1.165, 1.54) is 10.9 Å². The van der Waals surface area contributed by atoms with Crippen molar-refractivity contribution >= 4 is 34.3 Å². The van der Waals surface area contributed by atoms with E-state index < -0.39 is 5.97 Å². The van der Waals surface area contributed by atoms with Crippen LogP contribution in [0.15, 0.2) is 47.8 Å². The first-order valence-electron chi connectivity index (χ1n) is 10.8. The minimum Gasteiger partial charge on any atom is -0.506 e. The minimum atomic E-state index is -0.450. The second-order valence-electron chi connectivity index (χ2n) is 8.75. The highest BCUT2D eigenvalue weighted by atomic mass is 35.5. The molecule has 0 spiro atoms. The Kier molecular flexibility index (Phi) is 8.29. The molecule has 1 N–H and O–H groups in total. The number of allylic oxidation sites excluding steroid dienone is 4. The molecule has 0 saturated carbocycles. The summed E-state index contributed by atoms with van der Waals surface area (Å²) < 4.78 is 15.3. The lowest BCUT2D eigenvalue weighted by Crippen LogP contribution is -2.21. The predicted octanol–water partition coefficient (Wildman–Crippen LogP) is 4.57. The van der Waals surface area contributed by atoms with Gasteiger partial charge in [-0.25, -0.2) is 4.79 Å². The monoisotopic (exact) mass is 475 g/mol. The molecule has 1 heterocycles. The van der Waals surface area contributed by atoms with Crippen molar-refractivity contribution in [1.82, 2.24) is 15.0 Å². The van der Waals surface area contributed by atoms with Crippen molar-refractivity contribution in [3.8, 4) is 0 Å². The molecule has 1 aliphatic carbocycles. The zero-order chi connectivity index (χ0) is 24.0. The molecule has 3 rings (SSSR count). The molecular weight excluding hydrogens is 446 g/mol. The van der Waals surface area contributed by atoms with Crippen molar-refractivity contribution < 1.29 is 24.1 Å². The number of halogens is 1. The first kappa shape index (κ1) is 25.0. The van der Waals surface area contributed by atoms with Crippen molar-refractivity contribution in [3.63, 3.8) is 0 Å². The Morgan fingerprint density at radius 3 is 2.67 bits per heavy atom. The number of aromatic nitrogens is 3. The van der Waals surface area contributed by atoms with Crippen molar-refractivity contribution in [2.24, 2.45) is 11.3 Å². The lowest BCUT2D eigenvalue weighted by Gasteiger charge is -2.30. The third-order valence-corrected chi connectivity index (χ3v) is 5.42. The molecule has 0 aliphatic heterocycles. The van der Waals surface area contributed by atoms with Gasteiger partial charge in [0.15, 0.2) is 0 Å². The van der Waals surface area contributed by atoms with Gasteiger partial charge >= 0.3 is 5.97 Å². The van der Waals surface area contributed by atoms with E-state index >= 15 is 0 Å². The van der Waals surface area contributed by atoms with Crippen LogP contribution in [-0.2, 0) is 19.0 Å². The predicted molar refractivity (Wildman–Crippen MR) is 127 cm³/mol. The van der Waals surface area contributed by atoms with Crippen LogP contribution in [0.3, 0.4) is 0 Å². The number of rotatable bonds is 9. The summed E-state index contributed by atoms with van der Waals surface area (Å²) in [6, 6.07) is 5.25. The quantitative estimate of drug-likeness (QED) is 0.322. The van der Waals surface area contributed by atoms with E-state index in [0.29, 0.717) is 48.0 Å². The number of hydrogen-bond acceptors (Lipinski definition) is 7. The minimum absolute atomic E-state index is 0.145. The molecule has 1 aliphatic rings. The van der Waals surface area contributed by atoms with E-state index in [-0.39, 0.29) is 23.7 Å². The number of esters is 1. The van der Waals surface area contributed by atoms with Gasteiger partial charge in [-0.15, -0.1) is 15.0 Å². The van der Waals surface area contributed by atoms with E-state index in [1.54, 1.807) is 31.4 Å². The Labute approximate surface area is 198 Å².